The summed E-state index contributed by atoms with van der Waals surface area (Å²) in [5, 5.41) is 0. The van der Waals surface area contributed by atoms with E-state index in [-0.39, 0.29) is 5.91 Å². The summed E-state index contributed by atoms with van der Waals surface area (Å²) in [4.78, 5) is 18.2. The number of pyridine rings is 1. The van der Waals surface area contributed by atoms with Gasteiger partial charge in [0.2, 0.25) is 0 Å². The molecule has 1 aromatic carbocycles. The number of rotatable bonds is 4. The predicted molar refractivity (Wildman–Crippen MR) is 79.1 cm³/mol. The average Bonchev–Trinajstić information content (AvgIpc) is 2.46. The number of benzene rings is 1. The van der Waals surface area contributed by atoms with Gasteiger partial charge in [0, 0.05) is 25.8 Å². The van der Waals surface area contributed by atoms with Crippen LogP contribution in [0.25, 0.3) is 0 Å². The van der Waals surface area contributed by atoms with Crippen LogP contribution in [0, 0.1) is 6.92 Å². The van der Waals surface area contributed by atoms with Gasteiger partial charge < -0.3 is 10.6 Å². The molecule has 0 aliphatic rings. The van der Waals surface area contributed by atoms with Crippen molar-refractivity contribution in [2.75, 3.05) is 7.05 Å². The molecule has 0 radical (unpaired) electrons. The van der Waals surface area contributed by atoms with Crippen LogP contribution in [0.2, 0.25) is 0 Å². The molecular formula is C16H19N3O. The molecule has 4 nitrogen and oxygen atoms in total. The van der Waals surface area contributed by atoms with E-state index in [1.54, 1.807) is 18.0 Å². The number of amides is 1. The van der Waals surface area contributed by atoms with Gasteiger partial charge in [0.1, 0.15) is 5.69 Å². The lowest BCUT2D eigenvalue weighted by molar-refractivity contribution is 0.0779. The number of carbonyl (C=O) groups is 1. The Hall–Kier alpha value is -2.20. The molecule has 2 aromatic rings. The van der Waals surface area contributed by atoms with Crippen LogP contribution in [0.5, 0.6) is 0 Å². The minimum absolute atomic E-state index is 0.0770. The van der Waals surface area contributed by atoms with Crippen molar-refractivity contribution in [2.24, 2.45) is 5.73 Å². The second-order valence-electron chi connectivity index (χ2n) is 4.85. The molecule has 4 heteroatoms. The number of aromatic nitrogens is 1. The lowest BCUT2D eigenvalue weighted by Crippen LogP contribution is -2.27. The zero-order valence-electron chi connectivity index (χ0n) is 11.8. The second kappa shape index (κ2) is 6.30. The first-order chi connectivity index (χ1) is 9.60. The maximum Gasteiger partial charge on any atom is 0.272 e. The number of hydrogen-bond acceptors (Lipinski definition) is 3. The number of carbonyl (C=O) groups excluding carboxylic acids is 1. The van der Waals surface area contributed by atoms with Crippen LogP contribution in [0.3, 0.4) is 0 Å². The topological polar surface area (TPSA) is 59.2 Å². The van der Waals surface area contributed by atoms with Gasteiger partial charge in [-0.25, -0.2) is 4.98 Å². The lowest BCUT2D eigenvalue weighted by Gasteiger charge is -2.17. The fourth-order valence-corrected chi connectivity index (χ4v) is 2.06. The molecule has 1 heterocycles. The van der Waals surface area contributed by atoms with Gasteiger partial charge in [-0.2, -0.15) is 0 Å². The molecule has 0 atom stereocenters. The van der Waals surface area contributed by atoms with E-state index in [4.69, 9.17) is 5.73 Å². The Kier molecular flexibility index (Phi) is 4.48. The highest BCUT2D eigenvalue weighted by atomic mass is 16.2. The fraction of sp³-hybridized carbons (Fsp3) is 0.250. The summed E-state index contributed by atoms with van der Waals surface area (Å²) < 4.78 is 0. The average molecular weight is 269 g/mol. The molecule has 0 aliphatic heterocycles. The molecule has 104 valence electrons. The number of nitrogens with zero attached hydrogens (tertiary/aromatic N) is 2. The van der Waals surface area contributed by atoms with Crippen molar-refractivity contribution in [3.8, 4) is 0 Å². The third-order valence-corrected chi connectivity index (χ3v) is 3.10. The second-order valence-corrected chi connectivity index (χ2v) is 4.85. The van der Waals surface area contributed by atoms with Crippen molar-refractivity contribution < 1.29 is 4.79 Å². The zero-order chi connectivity index (χ0) is 14.5. The maximum absolute atomic E-state index is 12.3. The zero-order valence-corrected chi connectivity index (χ0v) is 11.8. The van der Waals surface area contributed by atoms with Gasteiger partial charge >= 0.3 is 0 Å². The van der Waals surface area contributed by atoms with Crippen LogP contribution in [0.4, 0.5) is 0 Å². The van der Waals surface area contributed by atoms with Crippen molar-refractivity contribution in [1.29, 1.82) is 0 Å². The smallest absolute Gasteiger partial charge is 0.272 e. The van der Waals surface area contributed by atoms with Gasteiger partial charge in [-0.05, 0) is 30.2 Å². The summed E-state index contributed by atoms with van der Waals surface area (Å²) in [7, 11) is 1.78. The first-order valence-electron chi connectivity index (χ1n) is 6.57. The van der Waals surface area contributed by atoms with Gasteiger partial charge in [-0.15, -0.1) is 0 Å². The number of hydrogen-bond donors (Lipinski definition) is 1. The molecule has 2 N–H and O–H groups in total. The summed E-state index contributed by atoms with van der Waals surface area (Å²) in [5.74, 6) is -0.0770. The van der Waals surface area contributed by atoms with Crippen LogP contribution in [0.1, 0.15) is 27.3 Å². The monoisotopic (exact) mass is 269 g/mol. The van der Waals surface area contributed by atoms with Gasteiger partial charge in [0.15, 0.2) is 0 Å². The van der Waals surface area contributed by atoms with E-state index in [0.29, 0.717) is 18.8 Å². The Bertz CT molecular complexity index is 610. The quantitative estimate of drug-likeness (QED) is 0.925. The molecule has 0 fully saturated rings. The van der Waals surface area contributed by atoms with Crippen molar-refractivity contribution in [2.45, 2.75) is 20.0 Å². The number of aryl methyl sites for hydroxylation is 1. The number of nitrogens with two attached hydrogens (primary N) is 1. The molecule has 20 heavy (non-hydrogen) atoms. The van der Waals surface area contributed by atoms with Crippen molar-refractivity contribution in [1.82, 2.24) is 9.88 Å². The molecule has 0 saturated carbocycles. The van der Waals surface area contributed by atoms with E-state index in [9.17, 15) is 4.79 Å². The van der Waals surface area contributed by atoms with E-state index in [2.05, 4.69) is 4.98 Å². The van der Waals surface area contributed by atoms with Crippen LogP contribution in [-0.4, -0.2) is 22.8 Å². The maximum atomic E-state index is 12.3. The van der Waals surface area contributed by atoms with E-state index in [0.717, 1.165) is 16.8 Å². The third-order valence-electron chi connectivity index (χ3n) is 3.10. The first-order valence-corrected chi connectivity index (χ1v) is 6.57. The van der Waals surface area contributed by atoms with Crippen molar-refractivity contribution >= 4 is 5.91 Å². The van der Waals surface area contributed by atoms with E-state index >= 15 is 0 Å². The minimum Gasteiger partial charge on any atom is -0.336 e. The molecule has 0 unspecified atom stereocenters. The van der Waals surface area contributed by atoms with E-state index in [1.807, 2.05) is 43.3 Å². The first kappa shape index (κ1) is 14.2. The normalized spacial score (nSPS) is 10.3. The fourth-order valence-electron chi connectivity index (χ4n) is 2.06. The van der Waals surface area contributed by atoms with Gasteiger partial charge in [-0.3, -0.25) is 4.79 Å². The third kappa shape index (κ3) is 3.42. The lowest BCUT2D eigenvalue weighted by atomic mass is 10.1. The van der Waals surface area contributed by atoms with Gasteiger partial charge in [0.05, 0.1) is 0 Å². The Morgan fingerprint density at radius 3 is 2.60 bits per heavy atom. The highest BCUT2D eigenvalue weighted by Gasteiger charge is 2.13. The highest BCUT2D eigenvalue weighted by Crippen LogP contribution is 2.09. The largest absolute Gasteiger partial charge is 0.336 e. The summed E-state index contributed by atoms with van der Waals surface area (Å²) in [6.45, 7) is 2.93. The van der Waals surface area contributed by atoms with E-state index in [1.165, 1.54) is 0 Å². The summed E-state index contributed by atoms with van der Waals surface area (Å²) >= 11 is 0. The molecule has 0 bridgehead atoms. The van der Waals surface area contributed by atoms with Gasteiger partial charge in [-0.1, -0.05) is 30.3 Å². The van der Waals surface area contributed by atoms with Gasteiger partial charge in [0.25, 0.3) is 5.91 Å². The standard InChI is InChI=1S/C16H19N3O/c1-12-5-3-8-15(18-12)16(20)19(2)11-14-7-4-6-13(9-14)10-17/h3-9H,10-11,17H2,1-2H3. The van der Waals surface area contributed by atoms with Crippen LogP contribution in [-0.2, 0) is 13.1 Å². The van der Waals surface area contributed by atoms with Crippen molar-refractivity contribution in [3.05, 3.63) is 65.0 Å². The Morgan fingerprint density at radius 2 is 1.90 bits per heavy atom. The molecule has 0 saturated heterocycles. The Morgan fingerprint density at radius 1 is 1.20 bits per heavy atom. The summed E-state index contributed by atoms with van der Waals surface area (Å²) in [6.07, 6.45) is 0. The van der Waals surface area contributed by atoms with Crippen molar-refractivity contribution in [3.63, 3.8) is 0 Å². The molecule has 1 aromatic heterocycles. The van der Waals surface area contributed by atoms with Crippen LogP contribution in [0.15, 0.2) is 42.5 Å². The Balaban J connectivity index is 2.11. The van der Waals surface area contributed by atoms with Crippen LogP contribution < -0.4 is 5.73 Å². The summed E-state index contributed by atoms with van der Waals surface area (Å²) in [6, 6.07) is 13.4. The SMILES string of the molecule is Cc1cccc(C(=O)N(C)Cc2cccc(CN)c2)n1. The molecule has 0 aliphatic carbocycles. The summed E-state index contributed by atoms with van der Waals surface area (Å²) in [5.41, 5.74) is 9.08. The Labute approximate surface area is 119 Å². The molecule has 1 amide bonds. The van der Waals surface area contributed by atoms with E-state index < -0.39 is 0 Å². The predicted octanol–water partition coefficient (Wildman–Crippen LogP) is 2.12. The molecule has 2 rings (SSSR count). The highest BCUT2D eigenvalue weighted by molar-refractivity contribution is 5.92. The molecular weight excluding hydrogens is 250 g/mol. The molecule has 0 spiro atoms. The van der Waals surface area contributed by atoms with Crippen LogP contribution >= 0.6 is 0 Å². The minimum atomic E-state index is -0.0770.